The first kappa shape index (κ1) is 32.1. The van der Waals surface area contributed by atoms with Gasteiger partial charge in [0.15, 0.2) is 0 Å². The summed E-state index contributed by atoms with van der Waals surface area (Å²) < 4.78 is 15.7. The van der Waals surface area contributed by atoms with Crippen molar-refractivity contribution < 1.29 is 33.4 Å². The number of ether oxygens (including phenoxy) is 3. The summed E-state index contributed by atoms with van der Waals surface area (Å²) in [7, 11) is 0. The van der Waals surface area contributed by atoms with Crippen molar-refractivity contribution in [2.45, 2.75) is 117 Å². The first-order chi connectivity index (χ1) is 18.2. The molecule has 9 nitrogen and oxygen atoms in total. The van der Waals surface area contributed by atoms with Crippen LogP contribution in [0.2, 0.25) is 0 Å². The van der Waals surface area contributed by atoms with Gasteiger partial charge in [0.1, 0.15) is 11.2 Å². The van der Waals surface area contributed by atoms with Gasteiger partial charge in [-0.25, -0.2) is 9.59 Å². The van der Waals surface area contributed by atoms with Crippen LogP contribution < -0.4 is 10.6 Å². The number of rotatable bonds is 10. The summed E-state index contributed by atoms with van der Waals surface area (Å²) in [4.78, 5) is 48.8. The van der Waals surface area contributed by atoms with Crippen LogP contribution in [0.3, 0.4) is 0 Å². The zero-order valence-corrected chi connectivity index (χ0v) is 24.5. The highest BCUT2D eigenvalue weighted by atomic mass is 16.6. The highest BCUT2D eigenvalue weighted by molar-refractivity contribution is 5.85. The van der Waals surface area contributed by atoms with E-state index < -0.39 is 35.3 Å². The Morgan fingerprint density at radius 2 is 1.10 bits per heavy atom. The maximum atomic E-state index is 12.4. The van der Waals surface area contributed by atoms with Crippen molar-refractivity contribution in [1.82, 2.24) is 10.6 Å². The van der Waals surface area contributed by atoms with Crippen molar-refractivity contribution in [2.75, 3.05) is 13.1 Å². The van der Waals surface area contributed by atoms with E-state index in [1.54, 1.807) is 0 Å². The number of esters is 2. The number of nitrogens with one attached hydrogen (secondary N) is 2. The molecule has 0 aromatic rings. The molecule has 0 aromatic carbocycles. The van der Waals surface area contributed by atoms with Gasteiger partial charge in [0, 0.05) is 25.9 Å². The van der Waals surface area contributed by atoms with Crippen LogP contribution in [-0.4, -0.2) is 48.4 Å². The van der Waals surface area contributed by atoms with Crippen LogP contribution in [-0.2, 0) is 23.8 Å². The van der Waals surface area contributed by atoms with Crippen molar-refractivity contribution in [2.24, 2.45) is 0 Å². The van der Waals surface area contributed by atoms with Gasteiger partial charge in [0.05, 0.1) is 0 Å². The van der Waals surface area contributed by atoms with Crippen LogP contribution in [0, 0.1) is 0 Å². The van der Waals surface area contributed by atoms with Crippen molar-refractivity contribution in [3.05, 3.63) is 34.4 Å². The molecule has 0 heterocycles. The predicted octanol–water partition coefficient (Wildman–Crippen LogP) is 6.18. The minimum Gasteiger partial charge on any atom is -0.444 e. The van der Waals surface area contributed by atoms with E-state index in [0.29, 0.717) is 38.8 Å². The average Bonchev–Trinajstić information content (AvgIpc) is 2.82. The van der Waals surface area contributed by atoms with Gasteiger partial charge in [-0.2, -0.15) is 0 Å². The van der Waals surface area contributed by atoms with Crippen molar-refractivity contribution >= 4 is 24.1 Å². The van der Waals surface area contributed by atoms with Crippen LogP contribution in [0.25, 0.3) is 0 Å². The molecule has 0 aromatic heterocycles. The Morgan fingerprint density at radius 1 is 0.667 bits per heavy atom. The number of hydrogen-bond donors (Lipinski definition) is 2. The monoisotopic (exact) mass is 546 g/mol. The summed E-state index contributed by atoms with van der Waals surface area (Å²) in [5.74, 6) is -1.09. The Hall–Kier alpha value is -3.10. The molecule has 2 N–H and O–H groups in total. The summed E-state index contributed by atoms with van der Waals surface area (Å²) in [6.45, 7) is 11.6. The van der Waals surface area contributed by atoms with Crippen molar-refractivity contribution in [3.8, 4) is 0 Å². The maximum absolute atomic E-state index is 12.4. The minimum atomic E-state index is -0.573. The number of carbonyl (C=O) groups is 4. The average molecular weight is 547 g/mol. The Balaban J connectivity index is 1.81. The molecule has 0 aliphatic heterocycles. The quantitative estimate of drug-likeness (QED) is 0.145. The molecule has 9 heteroatoms. The standard InChI is InChI=1S/C30H46N2O7/c1-29(2,3)38-27(35)31-19-23-13-9-7-11-21(23)15-17-25(33)37-26(34)18-16-22-12-8-10-14-24(22)20-32-28(36)39-30(4,5)6/h7,9H,8,10-20H2,1-6H3,(H,31,35)(H,32,36). The molecule has 2 aliphatic carbocycles. The predicted molar refractivity (Wildman–Crippen MR) is 149 cm³/mol. The number of amides is 2. The lowest BCUT2D eigenvalue weighted by molar-refractivity contribution is -0.159. The molecule has 2 rings (SSSR count). The molecule has 0 bridgehead atoms. The Labute approximate surface area is 232 Å². The smallest absolute Gasteiger partial charge is 0.407 e. The third kappa shape index (κ3) is 13.5. The Kier molecular flexibility index (Phi) is 12.3. The molecule has 0 saturated heterocycles. The fraction of sp³-hybridized carbons (Fsp3) is 0.667. The van der Waals surface area contributed by atoms with Crippen LogP contribution in [0.1, 0.15) is 106 Å². The summed E-state index contributed by atoms with van der Waals surface area (Å²) in [5.41, 5.74) is 3.23. The fourth-order valence-corrected chi connectivity index (χ4v) is 4.48. The molecule has 0 saturated carbocycles. The van der Waals surface area contributed by atoms with E-state index in [1.165, 1.54) is 0 Å². The second-order valence-corrected chi connectivity index (χ2v) is 12.1. The topological polar surface area (TPSA) is 120 Å². The van der Waals surface area contributed by atoms with E-state index in [9.17, 15) is 19.2 Å². The second-order valence-electron chi connectivity index (χ2n) is 12.1. The van der Waals surface area contributed by atoms with E-state index >= 15 is 0 Å². The Morgan fingerprint density at radius 3 is 1.62 bits per heavy atom. The van der Waals surface area contributed by atoms with Crippen LogP contribution in [0.5, 0.6) is 0 Å². The van der Waals surface area contributed by atoms with Gasteiger partial charge in [-0.3, -0.25) is 9.59 Å². The van der Waals surface area contributed by atoms with Gasteiger partial charge in [-0.15, -0.1) is 0 Å². The first-order valence-corrected chi connectivity index (χ1v) is 13.9. The molecule has 2 amide bonds. The van der Waals surface area contributed by atoms with Gasteiger partial charge in [-0.05, 0) is 98.5 Å². The van der Waals surface area contributed by atoms with E-state index in [0.717, 1.165) is 48.0 Å². The van der Waals surface area contributed by atoms with Crippen LogP contribution in [0.15, 0.2) is 34.4 Å². The van der Waals surface area contributed by atoms with Crippen molar-refractivity contribution in [3.63, 3.8) is 0 Å². The van der Waals surface area contributed by atoms with Gasteiger partial charge < -0.3 is 24.8 Å². The molecular formula is C30H46N2O7. The van der Waals surface area contributed by atoms with Gasteiger partial charge in [-0.1, -0.05) is 28.9 Å². The zero-order chi connectivity index (χ0) is 29.1. The van der Waals surface area contributed by atoms with E-state index in [1.807, 2.05) is 53.7 Å². The molecular weight excluding hydrogens is 500 g/mol. The lowest BCUT2D eigenvalue weighted by Crippen LogP contribution is -2.34. The Bertz CT molecular complexity index is 938. The molecule has 0 fully saturated rings. The summed E-state index contributed by atoms with van der Waals surface area (Å²) in [6.07, 6.45) is 9.52. The normalized spacial score (nSPS) is 16.1. The molecule has 0 unspecified atom stereocenters. The van der Waals surface area contributed by atoms with E-state index in [2.05, 4.69) is 10.6 Å². The van der Waals surface area contributed by atoms with Gasteiger partial charge in [0.25, 0.3) is 0 Å². The SMILES string of the molecule is CC(C)(C)OC(=O)NCC1=C(CCC(=O)OC(=O)CCC2=C(CNC(=O)OC(C)(C)C)CCCC2)CC=CC1. The summed E-state index contributed by atoms with van der Waals surface area (Å²) in [5, 5.41) is 5.58. The van der Waals surface area contributed by atoms with Gasteiger partial charge >= 0.3 is 24.1 Å². The summed E-state index contributed by atoms with van der Waals surface area (Å²) in [6, 6.07) is 0. The lowest BCUT2D eigenvalue weighted by Gasteiger charge is -2.23. The zero-order valence-electron chi connectivity index (χ0n) is 24.5. The second kappa shape index (κ2) is 14.9. The molecule has 0 spiro atoms. The minimum absolute atomic E-state index is 0.0958. The van der Waals surface area contributed by atoms with Crippen LogP contribution in [0.4, 0.5) is 9.59 Å². The van der Waals surface area contributed by atoms with E-state index in [4.69, 9.17) is 14.2 Å². The van der Waals surface area contributed by atoms with E-state index in [-0.39, 0.29) is 12.8 Å². The maximum Gasteiger partial charge on any atom is 0.407 e. The largest absolute Gasteiger partial charge is 0.444 e. The first-order valence-electron chi connectivity index (χ1n) is 13.9. The molecule has 2 aliphatic rings. The van der Waals surface area contributed by atoms with Gasteiger partial charge in [0.2, 0.25) is 0 Å². The lowest BCUT2D eigenvalue weighted by atomic mass is 9.89. The molecule has 0 radical (unpaired) electrons. The molecule has 218 valence electrons. The van der Waals surface area contributed by atoms with Crippen LogP contribution >= 0.6 is 0 Å². The number of carbonyl (C=O) groups excluding carboxylic acids is 4. The molecule has 0 atom stereocenters. The third-order valence-electron chi connectivity index (χ3n) is 6.28. The highest BCUT2D eigenvalue weighted by Crippen LogP contribution is 2.28. The molecule has 39 heavy (non-hydrogen) atoms. The number of allylic oxidation sites excluding steroid dienone is 4. The van der Waals surface area contributed by atoms with Crippen molar-refractivity contribution in [1.29, 1.82) is 0 Å². The third-order valence-corrected chi connectivity index (χ3v) is 6.28. The fourth-order valence-electron chi connectivity index (χ4n) is 4.48. The number of alkyl carbamates (subject to hydrolysis) is 2. The summed E-state index contributed by atoms with van der Waals surface area (Å²) >= 11 is 0. The number of hydrogen-bond acceptors (Lipinski definition) is 7. The highest BCUT2D eigenvalue weighted by Gasteiger charge is 2.21.